The van der Waals surface area contributed by atoms with Gasteiger partial charge in [0.1, 0.15) is 13.2 Å². The first-order chi connectivity index (χ1) is 16.0. The molecule has 0 aliphatic carbocycles. The lowest BCUT2D eigenvalue weighted by atomic mass is 10.2. The van der Waals surface area contributed by atoms with E-state index in [0.29, 0.717) is 0 Å². The molecule has 0 fully saturated rings. The summed E-state index contributed by atoms with van der Waals surface area (Å²) in [6.45, 7) is -0.00949. The van der Waals surface area contributed by atoms with E-state index in [1.807, 2.05) is 12.1 Å². The van der Waals surface area contributed by atoms with Crippen LogP contribution in [0.25, 0.3) is 0 Å². The molecule has 10 nitrogen and oxygen atoms in total. The molecule has 0 aliphatic rings. The van der Waals surface area contributed by atoms with Crippen LogP contribution in [-0.4, -0.2) is 23.1 Å². The quantitative estimate of drug-likeness (QED) is 0.248. The lowest BCUT2D eigenvalue weighted by Crippen LogP contribution is -2.44. The van der Waals surface area contributed by atoms with E-state index >= 15 is 0 Å². The van der Waals surface area contributed by atoms with Crippen LogP contribution >= 0.6 is 0 Å². The van der Waals surface area contributed by atoms with Crippen LogP contribution in [0.5, 0.6) is 0 Å². The molecule has 0 spiro atoms. The molecule has 2 amide bonds. The molecule has 0 aromatic heterocycles. The number of ether oxygens (including phenoxy) is 2. The average Bonchev–Trinajstić information content (AvgIpc) is 2.83. The fourth-order valence-corrected chi connectivity index (χ4v) is 2.60. The summed E-state index contributed by atoms with van der Waals surface area (Å²) in [5.41, 5.74) is 1.46. The highest BCUT2D eigenvalue weighted by molar-refractivity contribution is 6.02. The van der Waals surface area contributed by atoms with Gasteiger partial charge < -0.3 is 9.47 Å². The Hall–Kier alpha value is -4.73. The standard InChI is InChI=1S/C23H20N4O6/c28-22(32-15-17-8-3-1-4-9-17)25-21(24-19-12-7-13-20(14-19)27(30)31)26-23(29)33-16-18-10-5-2-6-11-18/h1-14H,15-16H2,(H2,24,25,26,28,29). The Morgan fingerprint density at radius 3 is 1.79 bits per heavy atom. The molecule has 0 aliphatic heterocycles. The Balaban J connectivity index is 1.69. The SMILES string of the molecule is O=C(NC(=Nc1cccc([N+](=O)[O-])c1)NC(=O)OCc1ccccc1)OCc1ccccc1. The molecular formula is C23H20N4O6. The van der Waals surface area contributed by atoms with E-state index < -0.39 is 17.1 Å². The number of alkyl carbamates (subject to hydrolysis) is 2. The summed E-state index contributed by atoms with van der Waals surface area (Å²) in [4.78, 5) is 39.0. The van der Waals surface area contributed by atoms with Crippen molar-refractivity contribution in [2.75, 3.05) is 0 Å². The van der Waals surface area contributed by atoms with Gasteiger partial charge >= 0.3 is 12.2 Å². The maximum atomic E-state index is 12.2. The first kappa shape index (κ1) is 22.9. The lowest BCUT2D eigenvalue weighted by molar-refractivity contribution is -0.384. The Kier molecular flexibility index (Phi) is 8.07. The van der Waals surface area contributed by atoms with Crippen molar-refractivity contribution in [2.45, 2.75) is 13.2 Å². The monoisotopic (exact) mass is 448 g/mol. The number of hydrogen-bond donors (Lipinski definition) is 2. The Labute approximate surface area is 189 Å². The molecule has 3 rings (SSSR count). The van der Waals surface area contributed by atoms with Crippen LogP contribution in [0, 0.1) is 10.1 Å². The van der Waals surface area contributed by atoms with Gasteiger partial charge in [0.15, 0.2) is 0 Å². The van der Waals surface area contributed by atoms with Gasteiger partial charge in [-0.25, -0.2) is 14.6 Å². The summed E-state index contributed by atoms with van der Waals surface area (Å²) in [6, 6.07) is 23.4. The van der Waals surface area contributed by atoms with Crippen LogP contribution in [0.4, 0.5) is 21.0 Å². The number of nitro benzene ring substituents is 1. The summed E-state index contributed by atoms with van der Waals surface area (Å²) in [7, 11) is 0. The number of nitrogens with one attached hydrogen (secondary N) is 2. The van der Waals surface area contributed by atoms with Crippen molar-refractivity contribution in [1.29, 1.82) is 0 Å². The highest BCUT2D eigenvalue weighted by Gasteiger charge is 2.14. The fourth-order valence-electron chi connectivity index (χ4n) is 2.60. The Bertz CT molecular complexity index is 1080. The number of amides is 2. The predicted molar refractivity (Wildman–Crippen MR) is 120 cm³/mol. The molecular weight excluding hydrogens is 428 g/mol. The van der Waals surface area contributed by atoms with E-state index in [4.69, 9.17) is 9.47 Å². The smallest absolute Gasteiger partial charge is 0.414 e. The number of rotatable bonds is 6. The van der Waals surface area contributed by atoms with Crippen molar-refractivity contribution < 1.29 is 24.0 Å². The molecule has 0 radical (unpaired) electrons. The molecule has 0 bridgehead atoms. The molecule has 33 heavy (non-hydrogen) atoms. The second-order valence-corrected chi connectivity index (χ2v) is 6.61. The van der Waals surface area contributed by atoms with Crippen LogP contribution in [0.3, 0.4) is 0 Å². The van der Waals surface area contributed by atoms with Gasteiger partial charge in [0.2, 0.25) is 5.96 Å². The molecule has 0 unspecified atom stereocenters. The summed E-state index contributed by atoms with van der Waals surface area (Å²) < 4.78 is 10.3. The van der Waals surface area contributed by atoms with Crippen molar-refractivity contribution in [3.63, 3.8) is 0 Å². The van der Waals surface area contributed by atoms with Crippen LogP contribution in [0.15, 0.2) is 89.9 Å². The normalized spacial score (nSPS) is 9.94. The van der Waals surface area contributed by atoms with Crippen LogP contribution < -0.4 is 10.6 Å². The van der Waals surface area contributed by atoms with Crippen LogP contribution in [0.2, 0.25) is 0 Å². The van der Waals surface area contributed by atoms with E-state index in [1.165, 1.54) is 24.3 Å². The fraction of sp³-hybridized carbons (Fsp3) is 0.0870. The van der Waals surface area contributed by atoms with Crippen LogP contribution in [-0.2, 0) is 22.7 Å². The first-order valence-corrected chi connectivity index (χ1v) is 9.78. The van der Waals surface area contributed by atoms with E-state index in [2.05, 4.69) is 15.6 Å². The number of guanidine groups is 1. The predicted octanol–water partition coefficient (Wildman–Crippen LogP) is 4.44. The third-order valence-corrected chi connectivity index (χ3v) is 4.15. The summed E-state index contributed by atoms with van der Waals surface area (Å²) in [6.07, 6.45) is -1.77. The number of benzene rings is 3. The van der Waals surface area contributed by atoms with E-state index in [0.717, 1.165) is 11.1 Å². The molecule has 0 saturated heterocycles. The van der Waals surface area contributed by atoms with E-state index in [-0.39, 0.29) is 30.5 Å². The van der Waals surface area contributed by atoms with E-state index in [9.17, 15) is 19.7 Å². The Morgan fingerprint density at radius 1 is 0.788 bits per heavy atom. The zero-order valence-electron chi connectivity index (χ0n) is 17.3. The summed E-state index contributed by atoms with van der Waals surface area (Å²) in [5.74, 6) is -0.313. The van der Waals surface area contributed by atoms with Crippen molar-refractivity contribution in [2.24, 2.45) is 4.99 Å². The van der Waals surface area contributed by atoms with Crippen molar-refractivity contribution >= 4 is 29.5 Å². The first-order valence-electron chi connectivity index (χ1n) is 9.78. The molecule has 0 heterocycles. The number of nitrogens with zero attached hydrogens (tertiary/aromatic N) is 2. The van der Waals surface area contributed by atoms with Crippen molar-refractivity contribution in [3.05, 3.63) is 106 Å². The molecule has 0 saturated carbocycles. The molecule has 168 valence electrons. The maximum Gasteiger partial charge on any atom is 0.414 e. The third-order valence-electron chi connectivity index (χ3n) is 4.15. The zero-order chi connectivity index (χ0) is 23.5. The minimum absolute atomic E-state index is 0.00475. The summed E-state index contributed by atoms with van der Waals surface area (Å²) >= 11 is 0. The molecule has 0 atom stereocenters. The van der Waals surface area contributed by atoms with Gasteiger partial charge in [-0.15, -0.1) is 0 Å². The topological polar surface area (TPSA) is 132 Å². The van der Waals surface area contributed by atoms with Gasteiger partial charge in [0.25, 0.3) is 5.69 Å². The average molecular weight is 448 g/mol. The number of carbonyl (C=O) groups is 2. The number of nitro groups is 1. The number of non-ortho nitro benzene ring substituents is 1. The van der Waals surface area contributed by atoms with Gasteiger partial charge in [-0.2, -0.15) is 0 Å². The second kappa shape index (κ2) is 11.6. The van der Waals surface area contributed by atoms with Crippen LogP contribution in [0.1, 0.15) is 11.1 Å². The molecule has 10 heteroatoms. The third kappa shape index (κ3) is 7.79. The van der Waals surface area contributed by atoms with Gasteiger partial charge in [0, 0.05) is 12.1 Å². The van der Waals surface area contributed by atoms with Gasteiger partial charge in [-0.3, -0.25) is 20.7 Å². The number of hydrogen-bond acceptors (Lipinski definition) is 7. The molecule has 3 aromatic rings. The molecule has 3 aromatic carbocycles. The van der Waals surface area contributed by atoms with Gasteiger partial charge in [-0.1, -0.05) is 66.7 Å². The molecule has 2 N–H and O–H groups in total. The van der Waals surface area contributed by atoms with E-state index in [1.54, 1.807) is 48.5 Å². The largest absolute Gasteiger partial charge is 0.444 e. The minimum atomic E-state index is -0.883. The Morgan fingerprint density at radius 2 is 1.30 bits per heavy atom. The number of aliphatic imine (C=N–C) groups is 1. The zero-order valence-corrected chi connectivity index (χ0v) is 17.3. The van der Waals surface area contributed by atoms with Gasteiger partial charge in [-0.05, 0) is 17.2 Å². The minimum Gasteiger partial charge on any atom is -0.444 e. The van der Waals surface area contributed by atoms with Gasteiger partial charge in [0.05, 0.1) is 10.6 Å². The maximum absolute atomic E-state index is 12.2. The van der Waals surface area contributed by atoms with Crippen molar-refractivity contribution in [3.8, 4) is 0 Å². The number of carbonyl (C=O) groups excluding carboxylic acids is 2. The second-order valence-electron chi connectivity index (χ2n) is 6.61. The highest BCUT2D eigenvalue weighted by atomic mass is 16.6. The van der Waals surface area contributed by atoms with Crippen molar-refractivity contribution in [1.82, 2.24) is 10.6 Å². The summed E-state index contributed by atoms with van der Waals surface area (Å²) in [5, 5.41) is 15.7. The lowest BCUT2D eigenvalue weighted by Gasteiger charge is -2.12. The highest BCUT2D eigenvalue weighted by Crippen LogP contribution is 2.19.